The van der Waals surface area contributed by atoms with Gasteiger partial charge in [0.1, 0.15) is 0 Å². The molecule has 1 aromatic rings. The predicted molar refractivity (Wildman–Crippen MR) is 74.6 cm³/mol. The molecule has 2 heterocycles. The average molecular weight is 250 g/mol. The van der Waals surface area contributed by atoms with E-state index in [4.69, 9.17) is 0 Å². The Morgan fingerprint density at radius 3 is 2.83 bits per heavy atom. The van der Waals surface area contributed by atoms with Crippen LogP contribution in [0, 0.1) is 0 Å². The fraction of sp³-hybridized carbons (Fsp3) is 0.786. The van der Waals surface area contributed by atoms with Crippen LogP contribution in [0.5, 0.6) is 0 Å². The molecule has 1 unspecified atom stereocenters. The van der Waals surface area contributed by atoms with Gasteiger partial charge in [-0.05, 0) is 45.8 Å². The molecule has 0 bridgehead atoms. The lowest BCUT2D eigenvalue weighted by atomic mass is 10.1. The summed E-state index contributed by atoms with van der Waals surface area (Å²) >= 11 is 0. The maximum Gasteiger partial charge on any atom is 0.0945 e. The number of aromatic nitrogens is 2. The summed E-state index contributed by atoms with van der Waals surface area (Å²) in [7, 11) is 0. The molecule has 102 valence electrons. The Bertz CT molecular complexity index is 304. The lowest BCUT2D eigenvalue weighted by Gasteiger charge is -2.32. The van der Waals surface area contributed by atoms with Crippen LogP contribution in [0.25, 0.3) is 0 Å². The van der Waals surface area contributed by atoms with Gasteiger partial charge in [-0.25, -0.2) is 4.98 Å². The first-order valence-electron chi connectivity index (χ1n) is 7.27. The highest BCUT2D eigenvalue weighted by molar-refractivity contribution is 4.75. The van der Waals surface area contributed by atoms with E-state index in [-0.39, 0.29) is 0 Å². The van der Waals surface area contributed by atoms with Crippen LogP contribution in [0.3, 0.4) is 0 Å². The van der Waals surface area contributed by atoms with E-state index in [2.05, 4.69) is 26.7 Å². The van der Waals surface area contributed by atoms with E-state index in [0.29, 0.717) is 6.04 Å². The Morgan fingerprint density at radius 2 is 2.11 bits per heavy atom. The van der Waals surface area contributed by atoms with Crippen molar-refractivity contribution in [3.05, 3.63) is 18.7 Å². The summed E-state index contributed by atoms with van der Waals surface area (Å²) in [4.78, 5) is 6.66. The topological polar surface area (TPSA) is 33.1 Å². The van der Waals surface area contributed by atoms with Gasteiger partial charge in [0.25, 0.3) is 0 Å². The Hall–Kier alpha value is -0.870. The van der Waals surface area contributed by atoms with E-state index in [1.165, 1.54) is 38.8 Å². The molecular formula is C14H26N4. The fourth-order valence-electron chi connectivity index (χ4n) is 2.60. The third-order valence-corrected chi connectivity index (χ3v) is 3.78. The van der Waals surface area contributed by atoms with Crippen LogP contribution in [0.1, 0.15) is 32.6 Å². The van der Waals surface area contributed by atoms with E-state index < -0.39 is 0 Å². The van der Waals surface area contributed by atoms with Gasteiger partial charge < -0.3 is 9.88 Å². The third kappa shape index (κ3) is 4.42. The summed E-state index contributed by atoms with van der Waals surface area (Å²) in [5.74, 6) is 0. The maximum atomic E-state index is 4.05. The molecule has 0 aliphatic carbocycles. The molecule has 0 saturated carbocycles. The van der Waals surface area contributed by atoms with Gasteiger partial charge in [-0.3, -0.25) is 4.90 Å². The molecule has 2 rings (SSSR count). The molecule has 18 heavy (non-hydrogen) atoms. The van der Waals surface area contributed by atoms with Crippen molar-refractivity contribution < 1.29 is 0 Å². The summed E-state index contributed by atoms with van der Waals surface area (Å²) in [5, 5.41) is 3.57. The quantitative estimate of drug-likeness (QED) is 0.748. The molecule has 0 amide bonds. The van der Waals surface area contributed by atoms with E-state index >= 15 is 0 Å². The van der Waals surface area contributed by atoms with Crippen molar-refractivity contribution in [3.63, 3.8) is 0 Å². The number of likely N-dealkylation sites (tertiary alicyclic amines) is 1. The first-order chi connectivity index (χ1) is 8.86. The largest absolute Gasteiger partial charge is 0.337 e. The zero-order chi connectivity index (χ0) is 12.6. The molecule has 1 atom stereocenters. The Morgan fingerprint density at radius 1 is 1.28 bits per heavy atom. The monoisotopic (exact) mass is 250 g/mol. The summed E-state index contributed by atoms with van der Waals surface area (Å²) in [6.45, 7) is 8.19. The van der Waals surface area contributed by atoms with Gasteiger partial charge >= 0.3 is 0 Å². The zero-order valence-electron chi connectivity index (χ0n) is 11.5. The molecular weight excluding hydrogens is 224 g/mol. The number of aryl methyl sites for hydroxylation is 1. The van der Waals surface area contributed by atoms with Crippen molar-refractivity contribution in [2.75, 3.05) is 26.2 Å². The molecule has 0 spiro atoms. The maximum absolute atomic E-state index is 4.05. The van der Waals surface area contributed by atoms with Crippen molar-refractivity contribution in [2.24, 2.45) is 0 Å². The van der Waals surface area contributed by atoms with Crippen LogP contribution >= 0.6 is 0 Å². The summed E-state index contributed by atoms with van der Waals surface area (Å²) in [6.07, 6.45) is 11.1. The van der Waals surface area contributed by atoms with Crippen LogP contribution in [0.4, 0.5) is 0 Å². The van der Waals surface area contributed by atoms with Gasteiger partial charge in [-0.1, -0.05) is 6.42 Å². The summed E-state index contributed by atoms with van der Waals surface area (Å²) < 4.78 is 2.13. The first-order valence-corrected chi connectivity index (χ1v) is 7.27. The molecule has 4 nitrogen and oxygen atoms in total. The minimum atomic E-state index is 0.679. The van der Waals surface area contributed by atoms with Gasteiger partial charge in [0, 0.05) is 31.5 Å². The molecule has 1 N–H and O–H groups in total. The number of nitrogens with zero attached hydrogens (tertiary/aromatic N) is 3. The van der Waals surface area contributed by atoms with Crippen molar-refractivity contribution in [2.45, 2.75) is 45.2 Å². The fourth-order valence-corrected chi connectivity index (χ4v) is 2.60. The first kappa shape index (κ1) is 13.6. The van der Waals surface area contributed by atoms with Crippen molar-refractivity contribution >= 4 is 0 Å². The second-order valence-corrected chi connectivity index (χ2v) is 5.30. The van der Waals surface area contributed by atoms with Gasteiger partial charge in [0.2, 0.25) is 0 Å². The SMILES string of the molecule is CC(CNCCCn1ccnc1)N1CCCCC1. The number of piperidine rings is 1. The van der Waals surface area contributed by atoms with Gasteiger partial charge in [0.15, 0.2) is 0 Å². The normalized spacial score (nSPS) is 18.9. The smallest absolute Gasteiger partial charge is 0.0945 e. The highest BCUT2D eigenvalue weighted by Crippen LogP contribution is 2.11. The molecule has 1 aromatic heterocycles. The van der Waals surface area contributed by atoms with Crippen molar-refractivity contribution in [3.8, 4) is 0 Å². The number of hydrogen-bond donors (Lipinski definition) is 1. The molecule has 1 aliphatic rings. The molecule has 1 saturated heterocycles. The number of rotatable bonds is 7. The second-order valence-electron chi connectivity index (χ2n) is 5.30. The van der Waals surface area contributed by atoms with Crippen LogP contribution in [-0.2, 0) is 6.54 Å². The van der Waals surface area contributed by atoms with Crippen molar-refractivity contribution in [1.82, 2.24) is 19.8 Å². The predicted octanol–water partition coefficient (Wildman–Crippen LogP) is 1.74. The zero-order valence-corrected chi connectivity index (χ0v) is 11.5. The Balaban J connectivity index is 1.52. The van der Waals surface area contributed by atoms with Gasteiger partial charge in [-0.2, -0.15) is 0 Å². The third-order valence-electron chi connectivity index (χ3n) is 3.78. The van der Waals surface area contributed by atoms with Crippen molar-refractivity contribution in [1.29, 1.82) is 0 Å². The number of hydrogen-bond acceptors (Lipinski definition) is 3. The van der Waals surface area contributed by atoms with E-state index in [1.54, 1.807) is 0 Å². The van der Waals surface area contributed by atoms with Crippen LogP contribution in [0.2, 0.25) is 0 Å². The van der Waals surface area contributed by atoms with E-state index in [1.807, 2.05) is 18.7 Å². The molecule has 4 heteroatoms. The highest BCUT2D eigenvalue weighted by Gasteiger charge is 2.15. The minimum Gasteiger partial charge on any atom is -0.337 e. The minimum absolute atomic E-state index is 0.679. The molecule has 1 fully saturated rings. The highest BCUT2D eigenvalue weighted by atomic mass is 15.2. The molecule has 1 aliphatic heterocycles. The van der Waals surface area contributed by atoms with E-state index in [9.17, 15) is 0 Å². The lowest BCUT2D eigenvalue weighted by Crippen LogP contribution is -2.43. The lowest BCUT2D eigenvalue weighted by molar-refractivity contribution is 0.171. The summed E-state index contributed by atoms with van der Waals surface area (Å²) in [6, 6.07) is 0.679. The standard InChI is InChI=1S/C14H26N4/c1-14(18-9-3-2-4-10-18)12-15-6-5-8-17-11-7-16-13-17/h7,11,13-15H,2-6,8-10,12H2,1H3. The summed E-state index contributed by atoms with van der Waals surface area (Å²) in [5.41, 5.74) is 0. The molecule has 0 aromatic carbocycles. The Kier molecular flexibility index (Phi) is 5.68. The van der Waals surface area contributed by atoms with Crippen LogP contribution in [-0.4, -0.2) is 46.7 Å². The molecule has 0 radical (unpaired) electrons. The van der Waals surface area contributed by atoms with Gasteiger partial charge in [-0.15, -0.1) is 0 Å². The average Bonchev–Trinajstić information content (AvgIpc) is 2.92. The van der Waals surface area contributed by atoms with E-state index in [0.717, 1.165) is 19.6 Å². The van der Waals surface area contributed by atoms with Crippen LogP contribution < -0.4 is 5.32 Å². The van der Waals surface area contributed by atoms with Crippen LogP contribution in [0.15, 0.2) is 18.7 Å². The number of nitrogens with one attached hydrogen (secondary N) is 1. The Labute approximate surface area is 110 Å². The number of imidazole rings is 1. The second kappa shape index (κ2) is 7.54. The van der Waals surface area contributed by atoms with Gasteiger partial charge in [0.05, 0.1) is 6.33 Å².